The van der Waals surface area contributed by atoms with Gasteiger partial charge < -0.3 is 60.0 Å². The van der Waals surface area contributed by atoms with Crippen LogP contribution in [0.15, 0.2) is 172 Å². The predicted molar refractivity (Wildman–Crippen MR) is 364 cm³/mol. The fraction of sp³-hybridized carbons (Fsp3) is 0.214. The molecule has 102 heavy (non-hydrogen) atoms. The molecule has 32 heteroatoms. The first-order valence-corrected chi connectivity index (χ1v) is 31.8. The summed E-state index contributed by atoms with van der Waals surface area (Å²) in [6.07, 6.45) is 0.871. The van der Waals surface area contributed by atoms with E-state index >= 15 is 0 Å². The standard InChI is InChI=1S/C13H14FNO4.C13H12FNO3.C11H8FNO3.C11H12FNO2.C11H11FO3.C10H11IO4.CH4.Li.2H2O/c1-3-18-13(17)12(19-8(2)16)11(15)9-4-6-10(14)7-5-9;1-3-17-13(16)12-11(15-8(2)18-12)9-4-6-10(14)7-5-9;1-6-13-9(10(16-6)11(14)15)7-2-4-8(12)5-3-7;2*1-2-15-11(14)7-10(13)8-3-5-9(12)6-4-8;1-8(12)14-11(15-9(2)13)10-6-4-3-5-7-10;;;;/h4-7H,3,15H2,1-2H3;4-7H,3H2,1-2H3;2-5H,1H3,(H,14,15);3-7H,2,13H2,1H3;3-6H,2,7H2,1H3;3-7H,1-2H3;1H4;;2*1H2/q;;;;;;;+1;;/p-1/b12-11-;;;10-7+;;;;;;. The van der Waals surface area contributed by atoms with Gasteiger partial charge in [0.05, 0.1) is 32.1 Å². The Balaban J connectivity index is 0. The Hall–Kier alpha value is -10.9. The van der Waals surface area contributed by atoms with Gasteiger partial charge in [0.2, 0.25) is 17.3 Å². The van der Waals surface area contributed by atoms with Crippen LogP contribution < -0.4 is 30.3 Å². The molecule has 25 nitrogen and oxygen atoms in total. The zero-order valence-electron chi connectivity index (χ0n) is 56.1. The summed E-state index contributed by atoms with van der Waals surface area (Å²) in [6.45, 7) is 14.5. The second kappa shape index (κ2) is 48.8. The van der Waals surface area contributed by atoms with Crippen molar-refractivity contribution in [3.63, 3.8) is 0 Å². The number of carbonyl (C=O) groups excluding carboxylic acids is 8. The zero-order valence-corrected chi connectivity index (χ0v) is 58.3. The van der Waals surface area contributed by atoms with E-state index in [0.717, 1.165) is 10.5 Å². The second-order valence-electron chi connectivity index (χ2n) is 18.8. The number of esters is 5. The van der Waals surface area contributed by atoms with Crippen LogP contribution in [0, 0.1) is 46.5 Å². The molecular weight excluding hydrogens is 1460 g/mol. The van der Waals surface area contributed by atoms with Gasteiger partial charge in [-0.3, -0.25) is 14.4 Å². The van der Waals surface area contributed by atoms with Gasteiger partial charge in [0.25, 0.3) is 0 Å². The molecule has 0 radical (unpaired) electrons. The average Bonchev–Trinajstić information content (AvgIpc) is 1.70. The maximum atomic E-state index is 12.9. The van der Waals surface area contributed by atoms with Crippen molar-refractivity contribution >= 4 is 85.6 Å². The zero-order chi connectivity index (χ0) is 73.0. The molecule has 0 spiro atoms. The smallest absolute Gasteiger partial charge is 0.870 e. The molecule has 0 bridgehead atoms. The van der Waals surface area contributed by atoms with Gasteiger partial charge in [0, 0.05) is 54.8 Å². The number of ketones is 1. The van der Waals surface area contributed by atoms with Crippen LogP contribution in [0.3, 0.4) is 0 Å². The van der Waals surface area contributed by atoms with Gasteiger partial charge in [-0.2, -0.15) is 0 Å². The van der Waals surface area contributed by atoms with Crippen molar-refractivity contribution in [3.05, 3.63) is 236 Å². The molecule has 8 aromatic rings. The molecule has 0 aliphatic heterocycles. The van der Waals surface area contributed by atoms with E-state index in [4.69, 9.17) is 45.8 Å². The predicted octanol–water partition coefficient (Wildman–Crippen LogP) is 9.64. The third kappa shape index (κ3) is 33.8. The first-order chi connectivity index (χ1) is 46.5. The molecule has 0 amide bonds. The van der Waals surface area contributed by atoms with Crippen LogP contribution in [0.2, 0.25) is 0 Å². The molecular formula is C70H75F5ILiN4O21. The summed E-state index contributed by atoms with van der Waals surface area (Å²) >= 11 is -2.59. The third-order valence-electron chi connectivity index (χ3n) is 11.2. The van der Waals surface area contributed by atoms with E-state index in [2.05, 4.69) is 19.4 Å². The third-order valence-corrected chi connectivity index (χ3v) is 15.0. The number of carboxylic acids is 1. The van der Waals surface area contributed by atoms with Crippen LogP contribution in [0.25, 0.3) is 33.9 Å². The molecule has 8 rings (SSSR count). The summed E-state index contributed by atoms with van der Waals surface area (Å²) in [5.41, 5.74) is 14.5. The van der Waals surface area contributed by atoms with E-state index in [1.165, 1.54) is 141 Å². The molecule has 0 fully saturated rings. The Morgan fingerprint density at radius 3 is 1.29 bits per heavy atom. The van der Waals surface area contributed by atoms with Crippen LogP contribution in [0.4, 0.5) is 22.0 Å². The number of oxazole rings is 2. The Morgan fingerprint density at radius 2 is 0.902 bits per heavy atom. The van der Waals surface area contributed by atoms with Crippen molar-refractivity contribution in [2.24, 2.45) is 11.5 Å². The summed E-state index contributed by atoms with van der Waals surface area (Å²) in [4.78, 5) is 108. The van der Waals surface area contributed by atoms with E-state index in [0.29, 0.717) is 46.0 Å². The second-order valence-corrected chi connectivity index (χ2v) is 22.2. The molecule has 2 aromatic heterocycles. The van der Waals surface area contributed by atoms with Crippen molar-refractivity contribution in [3.8, 4) is 22.5 Å². The number of rotatable bonds is 19. The molecule has 0 saturated heterocycles. The molecule has 0 saturated carbocycles. The van der Waals surface area contributed by atoms with Gasteiger partial charge in [0.1, 0.15) is 46.9 Å². The van der Waals surface area contributed by atoms with Crippen LogP contribution in [0.5, 0.6) is 0 Å². The Morgan fingerprint density at radius 1 is 0.520 bits per heavy atom. The Labute approximate surface area is 603 Å². The normalized spacial score (nSPS) is 10.2. The summed E-state index contributed by atoms with van der Waals surface area (Å²) in [5, 5.41) is 8.89. The topological polar surface area (TPSA) is 404 Å². The molecule has 2 heterocycles. The average molecular weight is 1540 g/mol. The van der Waals surface area contributed by atoms with E-state index in [1.807, 2.05) is 18.2 Å². The summed E-state index contributed by atoms with van der Waals surface area (Å²) in [7, 11) is 0. The number of Topliss-reactive ketones (excluding diaryl/α,β-unsaturated/α-hetero) is 1. The minimum absolute atomic E-state index is 0. The number of nitrogens with two attached hydrogens (primary N) is 2. The van der Waals surface area contributed by atoms with Gasteiger partial charge in [-0.05, 0) is 142 Å². The molecule has 8 N–H and O–H groups in total. The molecule has 0 aliphatic rings. The summed E-state index contributed by atoms with van der Waals surface area (Å²) in [5.74, 6) is -7.51. The number of carbonyl (C=O) groups is 9. The SMILES string of the molecule is C.CC(=O)OI(OC(C)=O)c1ccccc1.CCOC(=O)/C(OC(C)=O)=C(/N)c1ccc(F)cc1.CCOC(=O)/C=C(/N)c1ccc(F)cc1.CCOC(=O)CC(=O)c1ccc(F)cc1.CCOC(=O)c1oc(C)nc1-c1ccc(F)cc1.Cc1nc(-c2ccc(F)cc2)c(C(=O)O)o1.O.[Li+].[OH-]. The number of ether oxygens (including phenoxy) is 5. The largest absolute Gasteiger partial charge is 1.00 e. The molecule has 0 unspecified atom stereocenters. The number of hydrogen-bond acceptors (Lipinski definition) is 23. The fourth-order valence-corrected chi connectivity index (χ4v) is 9.91. The maximum Gasteiger partial charge on any atom is 1.00 e. The molecule has 0 atom stereocenters. The molecule has 0 aliphatic carbocycles. The first-order valence-electron chi connectivity index (χ1n) is 29.0. The number of aromatic carboxylic acids is 1. The molecule has 544 valence electrons. The number of aryl methyl sites for hydroxylation is 2. The van der Waals surface area contributed by atoms with Crippen LogP contribution in [-0.4, -0.2) is 106 Å². The number of nitrogens with zero attached hydrogens (tertiary/aromatic N) is 2. The number of aromatic nitrogens is 2. The minimum atomic E-state index is -2.59. The number of hydrogen-bond donors (Lipinski definition) is 3. The Bertz CT molecular complexity index is 4010. The van der Waals surface area contributed by atoms with Gasteiger partial charge in [-0.1, -0.05) is 19.6 Å². The van der Waals surface area contributed by atoms with E-state index in [9.17, 15) is 65.1 Å². The van der Waals surface area contributed by atoms with E-state index in [-0.39, 0.29) is 121 Å². The van der Waals surface area contributed by atoms with Crippen LogP contribution in [-0.2, 0) is 58.6 Å². The van der Waals surface area contributed by atoms with Crippen LogP contribution in [0.1, 0.15) is 117 Å². The monoisotopic (exact) mass is 1540 g/mol. The quantitative estimate of drug-likeness (QED) is 0.00780. The summed E-state index contributed by atoms with van der Waals surface area (Å²) < 4.78 is 108. The minimum Gasteiger partial charge on any atom is -0.870 e. The van der Waals surface area contributed by atoms with Crippen molar-refractivity contribution in [1.29, 1.82) is 0 Å². The van der Waals surface area contributed by atoms with Crippen LogP contribution >= 0.6 is 20.6 Å². The number of halogens is 6. The van der Waals surface area contributed by atoms with Crippen molar-refractivity contribution in [1.82, 2.24) is 9.97 Å². The molecule has 6 aromatic carbocycles. The summed E-state index contributed by atoms with van der Waals surface area (Å²) in [6, 6.07) is 35.8. The van der Waals surface area contributed by atoms with Gasteiger partial charge in [-0.15, -0.1) is 0 Å². The fourth-order valence-electron chi connectivity index (χ4n) is 7.19. The first kappa shape index (κ1) is 93.2. The van der Waals surface area contributed by atoms with E-state index in [1.54, 1.807) is 53.7 Å². The maximum absolute atomic E-state index is 12.9. The van der Waals surface area contributed by atoms with E-state index < -0.39 is 85.8 Å². The number of benzene rings is 6. The number of carboxylic acid groups (broad SMARTS) is 1. The van der Waals surface area contributed by atoms with Gasteiger partial charge in [-0.25, -0.2) is 51.1 Å². The van der Waals surface area contributed by atoms with Crippen molar-refractivity contribution in [2.75, 3.05) is 26.4 Å². The van der Waals surface area contributed by atoms with Gasteiger partial charge in [0.15, 0.2) is 17.6 Å². The van der Waals surface area contributed by atoms with Gasteiger partial charge >= 0.3 is 151 Å². The van der Waals surface area contributed by atoms with Crippen molar-refractivity contribution in [2.45, 2.75) is 76.2 Å². The van der Waals surface area contributed by atoms with Crippen molar-refractivity contribution < 1.29 is 139 Å². The Kier molecular flexibility index (Phi) is 44.6.